The predicted molar refractivity (Wildman–Crippen MR) is 53.1 cm³/mol. The first-order valence-corrected chi connectivity index (χ1v) is 5.31. The number of carbonyl (C=O) groups excluding carboxylic acids is 1. The largest absolute Gasteiger partial charge is 0.471 e. The highest BCUT2D eigenvalue weighted by Gasteiger charge is 2.42. The maximum atomic E-state index is 12.1. The van der Waals surface area contributed by atoms with Crippen molar-refractivity contribution in [2.45, 2.75) is 44.9 Å². The van der Waals surface area contributed by atoms with Crippen LogP contribution in [-0.2, 0) is 14.3 Å². The van der Waals surface area contributed by atoms with E-state index in [9.17, 15) is 18.0 Å². The second-order valence-corrected chi connectivity index (χ2v) is 4.18. The lowest BCUT2D eigenvalue weighted by Gasteiger charge is -2.38. The minimum Gasteiger partial charge on any atom is -0.356 e. The Labute approximate surface area is 97.5 Å². The number of amides is 1. The molecule has 0 bridgehead atoms. The van der Waals surface area contributed by atoms with E-state index >= 15 is 0 Å². The van der Waals surface area contributed by atoms with Gasteiger partial charge in [0.1, 0.15) is 0 Å². The lowest BCUT2D eigenvalue weighted by Crippen LogP contribution is -2.53. The van der Waals surface area contributed by atoms with Crippen LogP contribution in [0.4, 0.5) is 13.2 Å². The maximum absolute atomic E-state index is 12.1. The molecule has 100 valence electrons. The van der Waals surface area contributed by atoms with Gasteiger partial charge in [-0.1, -0.05) is 6.92 Å². The van der Waals surface area contributed by atoms with Crippen molar-refractivity contribution in [3.63, 3.8) is 0 Å². The van der Waals surface area contributed by atoms with Crippen LogP contribution >= 0.6 is 0 Å². The van der Waals surface area contributed by atoms with E-state index in [0.717, 1.165) is 0 Å². The van der Waals surface area contributed by atoms with Crippen molar-refractivity contribution in [1.82, 2.24) is 5.32 Å². The molecule has 1 fully saturated rings. The number of ether oxygens (including phenoxy) is 2. The van der Waals surface area contributed by atoms with Crippen LogP contribution in [0, 0.1) is 5.92 Å². The summed E-state index contributed by atoms with van der Waals surface area (Å²) in [5.41, 5.74) is 0. The van der Waals surface area contributed by atoms with Gasteiger partial charge in [0.2, 0.25) is 0 Å². The number of hydrogen-bond donors (Lipinski definition) is 1. The fourth-order valence-electron chi connectivity index (χ4n) is 1.76. The normalized spacial score (nSPS) is 34.5. The van der Waals surface area contributed by atoms with Crippen molar-refractivity contribution in [2.75, 3.05) is 7.11 Å². The first kappa shape index (κ1) is 14.2. The molecule has 0 saturated carbocycles. The SMILES string of the molecule is COC1CC(NC(=O)C(F)(F)F)C(C)C(C)O1. The van der Waals surface area contributed by atoms with Crippen LogP contribution in [0.3, 0.4) is 0 Å². The third-order valence-corrected chi connectivity index (χ3v) is 3.02. The van der Waals surface area contributed by atoms with Gasteiger partial charge in [0, 0.05) is 25.5 Å². The van der Waals surface area contributed by atoms with Crippen molar-refractivity contribution in [3.8, 4) is 0 Å². The third-order valence-electron chi connectivity index (χ3n) is 3.02. The van der Waals surface area contributed by atoms with Gasteiger partial charge in [0.15, 0.2) is 6.29 Å². The van der Waals surface area contributed by atoms with Gasteiger partial charge in [-0.05, 0) is 6.92 Å². The van der Waals surface area contributed by atoms with Crippen molar-refractivity contribution in [1.29, 1.82) is 0 Å². The van der Waals surface area contributed by atoms with Gasteiger partial charge < -0.3 is 14.8 Å². The number of carbonyl (C=O) groups is 1. The van der Waals surface area contributed by atoms with E-state index in [-0.39, 0.29) is 18.4 Å². The van der Waals surface area contributed by atoms with Crippen LogP contribution in [0.2, 0.25) is 0 Å². The Morgan fingerprint density at radius 2 is 2.00 bits per heavy atom. The second-order valence-electron chi connectivity index (χ2n) is 4.18. The Morgan fingerprint density at radius 3 is 2.47 bits per heavy atom. The fraction of sp³-hybridized carbons (Fsp3) is 0.900. The summed E-state index contributed by atoms with van der Waals surface area (Å²) >= 11 is 0. The van der Waals surface area contributed by atoms with E-state index in [2.05, 4.69) is 0 Å². The molecular formula is C10H16F3NO3. The quantitative estimate of drug-likeness (QED) is 0.812. The van der Waals surface area contributed by atoms with Crippen molar-refractivity contribution >= 4 is 5.91 Å². The number of alkyl halides is 3. The molecule has 1 N–H and O–H groups in total. The Balaban J connectivity index is 2.65. The van der Waals surface area contributed by atoms with Gasteiger partial charge >= 0.3 is 12.1 Å². The van der Waals surface area contributed by atoms with E-state index in [1.807, 2.05) is 5.32 Å². The van der Waals surface area contributed by atoms with Crippen LogP contribution < -0.4 is 5.32 Å². The second kappa shape index (κ2) is 5.22. The number of halogens is 3. The van der Waals surface area contributed by atoms with Crippen LogP contribution in [0.15, 0.2) is 0 Å². The van der Waals surface area contributed by atoms with Crippen LogP contribution in [0.1, 0.15) is 20.3 Å². The molecule has 7 heteroatoms. The highest BCUT2D eigenvalue weighted by molar-refractivity contribution is 5.81. The number of methoxy groups -OCH3 is 1. The summed E-state index contributed by atoms with van der Waals surface area (Å²) in [4.78, 5) is 10.9. The minimum atomic E-state index is -4.86. The molecule has 1 aliphatic heterocycles. The monoisotopic (exact) mass is 255 g/mol. The summed E-state index contributed by atoms with van der Waals surface area (Å²) in [6.07, 6.45) is -5.50. The minimum absolute atomic E-state index is 0.201. The Kier molecular flexibility index (Phi) is 4.37. The first-order chi connectivity index (χ1) is 7.75. The van der Waals surface area contributed by atoms with Gasteiger partial charge in [0.05, 0.1) is 6.10 Å². The Morgan fingerprint density at radius 1 is 1.41 bits per heavy atom. The van der Waals surface area contributed by atoms with Crippen molar-refractivity contribution < 1.29 is 27.4 Å². The van der Waals surface area contributed by atoms with Crippen molar-refractivity contribution in [2.24, 2.45) is 5.92 Å². The van der Waals surface area contributed by atoms with E-state index < -0.39 is 24.4 Å². The molecular weight excluding hydrogens is 239 g/mol. The van der Waals surface area contributed by atoms with Gasteiger partial charge in [-0.15, -0.1) is 0 Å². The zero-order valence-electron chi connectivity index (χ0n) is 9.88. The predicted octanol–water partition coefficient (Wildman–Crippen LogP) is 1.45. The molecule has 0 aliphatic carbocycles. The molecule has 4 atom stereocenters. The van der Waals surface area contributed by atoms with Crippen LogP contribution in [0.25, 0.3) is 0 Å². The van der Waals surface area contributed by atoms with E-state index in [1.54, 1.807) is 13.8 Å². The van der Waals surface area contributed by atoms with Gasteiger partial charge in [0.25, 0.3) is 0 Å². The Bertz CT molecular complexity index is 282. The molecule has 4 nitrogen and oxygen atoms in total. The summed E-state index contributed by atoms with van der Waals surface area (Å²) in [6.45, 7) is 3.47. The molecule has 1 saturated heterocycles. The molecule has 1 heterocycles. The molecule has 17 heavy (non-hydrogen) atoms. The van der Waals surface area contributed by atoms with Crippen molar-refractivity contribution in [3.05, 3.63) is 0 Å². The molecule has 1 amide bonds. The summed E-state index contributed by atoms with van der Waals surface area (Å²) in [5, 5.41) is 1.98. The molecule has 0 radical (unpaired) electrons. The summed E-state index contributed by atoms with van der Waals surface area (Å²) in [6, 6.07) is -0.599. The molecule has 1 rings (SSSR count). The topological polar surface area (TPSA) is 47.6 Å². The highest BCUT2D eigenvalue weighted by atomic mass is 19.4. The lowest BCUT2D eigenvalue weighted by atomic mass is 9.91. The molecule has 4 unspecified atom stereocenters. The number of hydrogen-bond acceptors (Lipinski definition) is 3. The third kappa shape index (κ3) is 3.57. The van der Waals surface area contributed by atoms with E-state index in [0.29, 0.717) is 0 Å². The smallest absolute Gasteiger partial charge is 0.356 e. The molecule has 0 aromatic heterocycles. The Hall–Kier alpha value is -0.820. The van der Waals surface area contributed by atoms with E-state index in [1.165, 1.54) is 7.11 Å². The zero-order chi connectivity index (χ0) is 13.2. The summed E-state index contributed by atoms with van der Waals surface area (Å²) in [5.74, 6) is -2.12. The zero-order valence-corrected chi connectivity index (χ0v) is 9.88. The van der Waals surface area contributed by atoms with Gasteiger partial charge in [-0.25, -0.2) is 0 Å². The molecule has 0 spiro atoms. The molecule has 0 aromatic rings. The molecule has 0 aromatic carbocycles. The van der Waals surface area contributed by atoms with Crippen LogP contribution in [0.5, 0.6) is 0 Å². The van der Waals surface area contributed by atoms with Crippen LogP contribution in [-0.4, -0.2) is 37.6 Å². The standard InChI is InChI=1S/C10H16F3NO3/c1-5-6(2)17-8(16-3)4-7(5)14-9(15)10(11,12)13/h5-8H,4H2,1-3H3,(H,14,15). The van der Waals surface area contributed by atoms with Gasteiger partial charge in [-0.3, -0.25) is 4.79 Å². The maximum Gasteiger partial charge on any atom is 0.471 e. The van der Waals surface area contributed by atoms with Gasteiger partial charge in [-0.2, -0.15) is 13.2 Å². The highest BCUT2D eigenvalue weighted by Crippen LogP contribution is 2.26. The number of rotatable bonds is 2. The average molecular weight is 255 g/mol. The summed E-state index contributed by atoms with van der Waals surface area (Å²) < 4.78 is 46.7. The number of nitrogens with one attached hydrogen (secondary N) is 1. The lowest BCUT2D eigenvalue weighted by molar-refractivity contribution is -0.203. The van der Waals surface area contributed by atoms with E-state index in [4.69, 9.17) is 9.47 Å². The fourth-order valence-corrected chi connectivity index (χ4v) is 1.76. The first-order valence-electron chi connectivity index (χ1n) is 5.31. The average Bonchev–Trinajstić information content (AvgIpc) is 2.22. The summed E-state index contributed by atoms with van der Waals surface area (Å²) in [7, 11) is 1.41. The molecule has 1 aliphatic rings.